The number of rotatable bonds is 5. The molecule has 0 spiro atoms. The van der Waals surface area contributed by atoms with Crippen LogP contribution in [0.4, 0.5) is 10.2 Å². The maximum atomic E-state index is 13.7. The predicted octanol–water partition coefficient (Wildman–Crippen LogP) is 3.41. The molecule has 22 heavy (non-hydrogen) atoms. The fourth-order valence-electron chi connectivity index (χ4n) is 2.11. The number of benzene rings is 1. The number of anilines is 1. The van der Waals surface area contributed by atoms with Gasteiger partial charge in [0, 0.05) is 22.5 Å². The van der Waals surface area contributed by atoms with Gasteiger partial charge in [-0.3, -0.25) is 0 Å². The molecule has 0 radical (unpaired) electrons. The number of aromatic nitrogens is 3. The Kier molecular flexibility index (Phi) is 4.15. The van der Waals surface area contributed by atoms with Gasteiger partial charge in [-0.25, -0.2) is 19.3 Å². The van der Waals surface area contributed by atoms with E-state index in [1.165, 1.54) is 24.4 Å². The van der Waals surface area contributed by atoms with Crippen LogP contribution in [0.2, 0.25) is 0 Å². The molecule has 0 aliphatic heterocycles. The number of nitrogens with one attached hydrogen (secondary N) is 1. The molecular weight excluding hydrogens is 303 g/mol. The van der Waals surface area contributed by atoms with Gasteiger partial charge in [0.15, 0.2) is 11.6 Å². The van der Waals surface area contributed by atoms with Gasteiger partial charge in [0.25, 0.3) is 0 Å². The number of thiazole rings is 1. The molecule has 3 aromatic rings. The Morgan fingerprint density at radius 1 is 1.27 bits per heavy atom. The van der Waals surface area contributed by atoms with Crippen molar-refractivity contribution in [2.75, 3.05) is 12.4 Å². The molecule has 0 fully saturated rings. The summed E-state index contributed by atoms with van der Waals surface area (Å²) in [6, 6.07) is 2.95. The molecule has 0 aliphatic rings. The van der Waals surface area contributed by atoms with Crippen molar-refractivity contribution in [3.05, 3.63) is 40.4 Å². The van der Waals surface area contributed by atoms with Crippen LogP contribution in [0.25, 0.3) is 10.9 Å². The number of hydrogen-bond acceptors (Lipinski definition) is 6. The predicted molar refractivity (Wildman–Crippen MR) is 84.9 cm³/mol. The molecule has 2 heterocycles. The molecule has 114 valence electrons. The Morgan fingerprint density at radius 2 is 2.14 bits per heavy atom. The quantitative estimate of drug-likeness (QED) is 0.781. The van der Waals surface area contributed by atoms with E-state index >= 15 is 0 Å². The Bertz CT molecular complexity index is 805. The monoisotopic (exact) mass is 318 g/mol. The first-order chi connectivity index (χ1) is 10.7. The lowest BCUT2D eigenvalue weighted by molar-refractivity contribution is 0.387. The highest BCUT2D eigenvalue weighted by Crippen LogP contribution is 2.27. The van der Waals surface area contributed by atoms with Gasteiger partial charge in [-0.2, -0.15) is 0 Å². The standard InChI is InChI=1S/C15H15FN4OS/c1-3-9-6-17-14(22-9)7-18-15-10-4-13(21-2)11(16)5-12(10)19-8-20-15/h4-6,8H,3,7H2,1-2H3,(H,18,19,20). The summed E-state index contributed by atoms with van der Waals surface area (Å²) in [5.74, 6) is 0.372. The van der Waals surface area contributed by atoms with Crippen molar-refractivity contribution in [1.82, 2.24) is 15.0 Å². The number of aryl methyl sites for hydroxylation is 1. The molecule has 7 heteroatoms. The fourth-order valence-corrected chi connectivity index (χ4v) is 2.91. The first-order valence-corrected chi connectivity index (χ1v) is 7.68. The maximum Gasteiger partial charge on any atom is 0.167 e. The second kappa shape index (κ2) is 6.23. The summed E-state index contributed by atoms with van der Waals surface area (Å²) in [4.78, 5) is 13.9. The molecular formula is C15H15FN4OS. The smallest absolute Gasteiger partial charge is 0.167 e. The summed E-state index contributed by atoms with van der Waals surface area (Å²) in [5.41, 5.74) is 0.532. The zero-order valence-electron chi connectivity index (χ0n) is 12.3. The van der Waals surface area contributed by atoms with E-state index in [1.807, 2.05) is 6.20 Å². The minimum atomic E-state index is -0.438. The molecule has 0 amide bonds. The zero-order chi connectivity index (χ0) is 15.5. The highest BCUT2D eigenvalue weighted by atomic mass is 32.1. The van der Waals surface area contributed by atoms with Crippen molar-refractivity contribution in [1.29, 1.82) is 0 Å². The number of nitrogens with zero attached hydrogens (tertiary/aromatic N) is 3. The molecule has 2 aromatic heterocycles. The van der Waals surface area contributed by atoms with Gasteiger partial charge in [0.1, 0.15) is 17.2 Å². The minimum Gasteiger partial charge on any atom is -0.494 e. The molecule has 0 atom stereocenters. The van der Waals surface area contributed by atoms with E-state index in [0.717, 1.165) is 11.4 Å². The van der Waals surface area contributed by atoms with Crippen LogP contribution >= 0.6 is 11.3 Å². The summed E-state index contributed by atoms with van der Waals surface area (Å²) in [6.45, 7) is 2.67. The average Bonchev–Trinajstić information content (AvgIpc) is 3.00. The fraction of sp³-hybridized carbons (Fsp3) is 0.267. The van der Waals surface area contributed by atoms with Crippen LogP contribution in [0, 0.1) is 5.82 Å². The minimum absolute atomic E-state index is 0.174. The van der Waals surface area contributed by atoms with Crippen molar-refractivity contribution < 1.29 is 9.13 Å². The Labute approximate surface area is 131 Å². The lowest BCUT2D eigenvalue weighted by atomic mass is 10.2. The van der Waals surface area contributed by atoms with Gasteiger partial charge in [0.05, 0.1) is 19.2 Å². The summed E-state index contributed by atoms with van der Waals surface area (Å²) in [6.07, 6.45) is 4.28. The molecule has 3 rings (SSSR count). The Hall–Kier alpha value is -2.28. The second-order valence-electron chi connectivity index (χ2n) is 4.65. The molecule has 0 saturated heterocycles. The molecule has 0 unspecified atom stereocenters. The highest BCUT2D eigenvalue weighted by molar-refractivity contribution is 7.11. The topological polar surface area (TPSA) is 59.9 Å². The van der Waals surface area contributed by atoms with Gasteiger partial charge in [-0.15, -0.1) is 11.3 Å². The third-order valence-corrected chi connectivity index (χ3v) is 4.41. The van der Waals surface area contributed by atoms with Crippen molar-refractivity contribution in [3.8, 4) is 5.75 Å². The molecule has 0 aliphatic carbocycles. The van der Waals surface area contributed by atoms with Crippen LogP contribution in [-0.4, -0.2) is 22.1 Å². The van der Waals surface area contributed by atoms with Crippen LogP contribution in [0.5, 0.6) is 5.75 Å². The number of halogens is 1. The lowest BCUT2D eigenvalue weighted by Crippen LogP contribution is -2.02. The van der Waals surface area contributed by atoms with Crippen molar-refractivity contribution in [2.24, 2.45) is 0 Å². The normalized spacial score (nSPS) is 10.9. The first kappa shape index (κ1) is 14.6. The Morgan fingerprint density at radius 3 is 2.86 bits per heavy atom. The van der Waals surface area contributed by atoms with E-state index in [2.05, 4.69) is 27.2 Å². The summed E-state index contributed by atoms with van der Waals surface area (Å²) >= 11 is 1.67. The van der Waals surface area contributed by atoms with E-state index < -0.39 is 5.82 Å². The number of methoxy groups -OCH3 is 1. The van der Waals surface area contributed by atoms with Gasteiger partial charge in [-0.05, 0) is 12.5 Å². The van der Waals surface area contributed by atoms with Gasteiger partial charge in [0.2, 0.25) is 0 Å². The van der Waals surface area contributed by atoms with E-state index in [1.54, 1.807) is 17.4 Å². The van der Waals surface area contributed by atoms with Crippen LogP contribution in [0.15, 0.2) is 24.7 Å². The summed E-state index contributed by atoms with van der Waals surface area (Å²) in [5, 5.41) is 4.93. The summed E-state index contributed by atoms with van der Waals surface area (Å²) < 4.78 is 18.8. The lowest BCUT2D eigenvalue weighted by Gasteiger charge is -2.09. The van der Waals surface area contributed by atoms with Crippen molar-refractivity contribution in [3.63, 3.8) is 0 Å². The highest BCUT2D eigenvalue weighted by Gasteiger charge is 2.10. The second-order valence-corrected chi connectivity index (χ2v) is 5.85. The Balaban J connectivity index is 1.89. The summed E-state index contributed by atoms with van der Waals surface area (Å²) in [7, 11) is 1.43. The molecule has 1 aromatic carbocycles. The van der Waals surface area contributed by atoms with Crippen LogP contribution in [0.3, 0.4) is 0 Å². The van der Waals surface area contributed by atoms with Crippen molar-refractivity contribution in [2.45, 2.75) is 19.9 Å². The van der Waals surface area contributed by atoms with Crippen LogP contribution in [-0.2, 0) is 13.0 Å². The third kappa shape index (κ3) is 2.85. The molecule has 1 N–H and O–H groups in total. The third-order valence-electron chi connectivity index (χ3n) is 3.27. The van der Waals surface area contributed by atoms with Crippen molar-refractivity contribution >= 4 is 28.1 Å². The average molecular weight is 318 g/mol. The van der Waals surface area contributed by atoms with Gasteiger partial charge in [-0.1, -0.05) is 6.92 Å². The molecule has 5 nitrogen and oxygen atoms in total. The zero-order valence-corrected chi connectivity index (χ0v) is 13.1. The van der Waals surface area contributed by atoms with Crippen LogP contribution < -0.4 is 10.1 Å². The SMILES string of the molecule is CCc1cnc(CNc2ncnc3cc(F)c(OC)cc23)s1. The van der Waals surface area contributed by atoms with Gasteiger partial charge >= 0.3 is 0 Å². The maximum absolute atomic E-state index is 13.7. The largest absolute Gasteiger partial charge is 0.494 e. The number of hydrogen-bond donors (Lipinski definition) is 1. The molecule has 0 bridgehead atoms. The van der Waals surface area contributed by atoms with Gasteiger partial charge < -0.3 is 10.1 Å². The number of fused-ring (bicyclic) bond motifs is 1. The van der Waals surface area contributed by atoms with E-state index in [-0.39, 0.29) is 5.75 Å². The van der Waals surface area contributed by atoms with E-state index in [4.69, 9.17) is 4.74 Å². The van der Waals surface area contributed by atoms with Crippen LogP contribution in [0.1, 0.15) is 16.8 Å². The number of ether oxygens (including phenoxy) is 1. The van der Waals surface area contributed by atoms with E-state index in [0.29, 0.717) is 23.3 Å². The first-order valence-electron chi connectivity index (χ1n) is 6.87. The molecule has 0 saturated carbocycles. The van der Waals surface area contributed by atoms with E-state index in [9.17, 15) is 4.39 Å².